The SMILES string of the molecule is CC(C)=O.CCCCCCCCCCCCNCCCCCCCCCCCC. The zero-order valence-corrected chi connectivity index (χ0v) is 21.0. The van der Waals surface area contributed by atoms with Crippen molar-refractivity contribution in [2.45, 2.75) is 156 Å². The first-order valence-corrected chi connectivity index (χ1v) is 13.3. The molecule has 0 fully saturated rings. The number of nitrogens with one attached hydrogen (secondary N) is 1. The Morgan fingerprint density at radius 1 is 0.448 bits per heavy atom. The maximum Gasteiger partial charge on any atom is 0.126 e. The monoisotopic (exact) mass is 411 g/mol. The number of Topliss-reactive ketones (excluding diaryl/α,β-unsaturated/α-hetero) is 1. The number of carbonyl (C=O) groups is 1. The predicted octanol–water partition coefficient (Wildman–Crippen LogP) is 9.01. The second-order valence-electron chi connectivity index (χ2n) is 9.02. The van der Waals surface area contributed by atoms with Gasteiger partial charge in [0.05, 0.1) is 0 Å². The highest BCUT2D eigenvalue weighted by atomic mass is 16.1. The molecule has 0 amide bonds. The van der Waals surface area contributed by atoms with Gasteiger partial charge in [-0.05, 0) is 39.8 Å². The van der Waals surface area contributed by atoms with Gasteiger partial charge in [0.2, 0.25) is 0 Å². The molecule has 0 bridgehead atoms. The Kier molecular flexibility index (Phi) is 31.7. The third-order valence-corrected chi connectivity index (χ3v) is 5.41. The Balaban J connectivity index is 0. The lowest BCUT2D eigenvalue weighted by atomic mass is 10.1. The highest BCUT2D eigenvalue weighted by Gasteiger charge is 1.94. The standard InChI is InChI=1S/C24H51N.C3H6O/c1-3-5-7-9-11-13-15-17-19-21-23-25-24-22-20-18-16-14-12-10-8-6-4-2;1-3(2)4/h25H,3-24H2,1-2H3;1-2H3. The molecule has 2 nitrogen and oxygen atoms in total. The molecule has 0 spiro atoms. The maximum absolute atomic E-state index is 9.44. The lowest BCUT2D eigenvalue weighted by Gasteiger charge is -2.05. The van der Waals surface area contributed by atoms with Crippen molar-refractivity contribution >= 4 is 5.78 Å². The van der Waals surface area contributed by atoms with E-state index >= 15 is 0 Å². The van der Waals surface area contributed by atoms with Crippen molar-refractivity contribution in [3.63, 3.8) is 0 Å². The summed E-state index contributed by atoms with van der Waals surface area (Å²) in [5.41, 5.74) is 0. The molecule has 0 aliphatic carbocycles. The Labute approximate surface area is 185 Å². The van der Waals surface area contributed by atoms with Gasteiger partial charge in [-0.3, -0.25) is 0 Å². The third kappa shape index (κ3) is 38.8. The van der Waals surface area contributed by atoms with Crippen LogP contribution in [0.15, 0.2) is 0 Å². The average molecular weight is 412 g/mol. The topological polar surface area (TPSA) is 29.1 Å². The fourth-order valence-corrected chi connectivity index (χ4v) is 3.60. The molecular formula is C27H57NO. The summed E-state index contributed by atoms with van der Waals surface area (Å²) in [6.45, 7) is 10.1. The van der Waals surface area contributed by atoms with Gasteiger partial charge in [-0.2, -0.15) is 0 Å². The number of unbranched alkanes of at least 4 members (excludes halogenated alkanes) is 18. The summed E-state index contributed by atoms with van der Waals surface area (Å²) < 4.78 is 0. The van der Waals surface area contributed by atoms with Crippen LogP contribution in [0.1, 0.15) is 156 Å². The van der Waals surface area contributed by atoms with E-state index in [2.05, 4.69) is 19.2 Å². The van der Waals surface area contributed by atoms with Gasteiger partial charge < -0.3 is 10.1 Å². The lowest BCUT2D eigenvalue weighted by molar-refractivity contribution is -0.114. The van der Waals surface area contributed by atoms with E-state index in [-0.39, 0.29) is 5.78 Å². The molecule has 0 unspecified atom stereocenters. The van der Waals surface area contributed by atoms with E-state index in [0.29, 0.717) is 0 Å². The normalized spacial score (nSPS) is 10.6. The summed E-state index contributed by atoms with van der Waals surface area (Å²) in [5.74, 6) is 0.167. The zero-order valence-electron chi connectivity index (χ0n) is 21.0. The predicted molar refractivity (Wildman–Crippen MR) is 133 cm³/mol. The second-order valence-corrected chi connectivity index (χ2v) is 9.02. The van der Waals surface area contributed by atoms with Gasteiger partial charge in [-0.1, -0.05) is 129 Å². The molecule has 29 heavy (non-hydrogen) atoms. The molecule has 0 saturated heterocycles. The Hall–Kier alpha value is -0.370. The van der Waals surface area contributed by atoms with Crippen molar-refractivity contribution in [3.05, 3.63) is 0 Å². The Morgan fingerprint density at radius 3 is 0.897 bits per heavy atom. The summed E-state index contributed by atoms with van der Waals surface area (Å²) in [6, 6.07) is 0. The minimum Gasteiger partial charge on any atom is -0.317 e. The number of carbonyl (C=O) groups excluding carboxylic acids is 1. The van der Waals surface area contributed by atoms with Crippen molar-refractivity contribution in [2.75, 3.05) is 13.1 Å². The van der Waals surface area contributed by atoms with E-state index in [1.165, 1.54) is 155 Å². The van der Waals surface area contributed by atoms with Crippen LogP contribution in [-0.2, 0) is 4.79 Å². The van der Waals surface area contributed by atoms with Crippen molar-refractivity contribution in [1.82, 2.24) is 5.32 Å². The summed E-state index contributed by atoms with van der Waals surface area (Å²) >= 11 is 0. The Bertz CT molecular complexity index is 264. The van der Waals surface area contributed by atoms with E-state index in [9.17, 15) is 4.79 Å². The van der Waals surface area contributed by atoms with Crippen molar-refractivity contribution in [1.29, 1.82) is 0 Å². The van der Waals surface area contributed by atoms with Crippen molar-refractivity contribution in [3.8, 4) is 0 Å². The van der Waals surface area contributed by atoms with Crippen LogP contribution in [0.4, 0.5) is 0 Å². The molecule has 0 atom stereocenters. The molecule has 1 N–H and O–H groups in total. The quantitative estimate of drug-likeness (QED) is 0.180. The van der Waals surface area contributed by atoms with Crippen LogP contribution >= 0.6 is 0 Å². The molecule has 0 saturated carbocycles. The fraction of sp³-hybridized carbons (Fsp3) is 0.963. The van der Waals surface area contributed by atoms with E-state index in [4.69, 9.17) is 0 Å². The van der Waals surface area contributed by atoms with E-state index in [0.717, 1.165) is 0 Å². The summed E-state index contributed by atoms with van der Waals surface area (Å²) in [6.07, 6.45) is 28.8. The molecule has 0 heterocycles. The van der Waals surface area contributed by atoms with Crippen LogP contribution in [0.5, 0.6) is 0 Å². The molecule has 176 valence electrons. The van der Waals surface area contributed by atoms with Crippen LogP contribution in [0.2, 0.25) is 0 Å². The molecule has 0 aromatic heterocycles. The van der Waals surface area contributed by atoms with E-state index in [1.807, 2.05) is 0 Å². The van der Waals surface area contributed by atoms with Gasteiger partial charge >= 0.3 is 0 Å². The van der Waals surface area contributed by atoms with Crippen molar-refractivity contribution in [2.24, 2.45) is 0 Å². The first-order valence-electron chi connectivity index (χ1n) is 13.3. The summed E-state index contributed by atoms with van der Waals surface area (Å²) in [7, 11) is 0. The van der Waals surface area contributed by atoms with Crippen LogP contribution in [-0.4, -0.2) is 18.9 Å². The zero-order chi connectivity index (χ0) is 21.8. The van der Waals surface area contributed by atoms with Gasteiger partial charge in [0.1, 0.15) is 5.78 Å². The molecule has 0 aromatic carbocycles. The maximum atomic E-state index is 9.44. The third-order valence-electron chi connectivity index (χ3n) is 5.41. The Morgan fingerprint density at radius 2 is 0.655 bits per heavy atom. The number of ketones is 1. The number of hydrogen-bond donors (Lipinski definition) is 1. The van der Waals surface area contributed by atoms with Gasteiger partial charge in [-0.15, -0.1) is 0 Å². The molecule has 0 aliphatic rings. The number of rotatable bonds is 22. The summed E-state index contributed by atoms with van der Waals surface area (Å²) in [5, 5.41) is 3.64. The minimum atomic E-state index is 0.167. The van der Waals surface area contributed by atoms with E-state index < -0.39 is 0 Å². The van der Waals surface area contributed by atoms with Gasteiger partial charge in [0.25, 0.3) is 0 Å². The average Bonchev–Trinajstić information content (AvgIpc) is 2.69. The second kappa shape index (κ2) is 29.8. The highest BCUT2D eigenvalue weighted by molar-refractivity contribution is 5.72. The van der Waals surface area contributed by atoms with E-state index in [1.54, 1.807) is 0 Å². The molecule has 0 aliphatic heterocycles. The molecule has 0 radical (unpaired) electrons. The molecular weight excluding hydrogens is 354 g/mol. The lowest BCUT2D eigenvalue weighted by Crippen LogP contribution is -2.16. The number of hydrogen-bond acceptors (Lipinski definition) is 2. The van der Waals surface area contributed by atoms with Crippen molar-refractivity contribution < 1.29 is 4.79 Å². The molecule has 0 rings (SSSR count). The van der Waals surface area contributed by atoms with Gasteiger partial charge in [-0.25, -0.2) is 0 Å². The van der Waals surface area contributed by atoms with Crippen LogP contribution in [0.25, 0.3) is 0 Å². The fourth-order valence-electron chi connectivity index (χ4n) is 3.60. The molecule has 2 heteroatoms. The molecule has 0 aromatic rings. The summed E-state index contributed by atoms with van der Waals surface area (Å²) in [4.78, 5) is 9.44. The first-order chi connectivity index (χ1) is 14.1. The van der Waals surface area contributed by atoms with Crippen LogP contribution in [0.3, 0.4) is 0 Å². The van der Waals surface area contributed by atoms with Crippen LogP contribution in [0, 0.1) is 0 Å². The van der Waals surface area contributed by atoms with Gasteiger partial charge in [0.15, 0.2) is 0 Å². The minimum absolute atomic E-state index is 0.167. The van der Waals surface area contributed by atoms with Gasteiger partial charge in [0, 0.05) is 0 Å². The smallest absolute Gasteiger partial charge is 0.126 e. The van der Waals surface area contributed by atoms with Crippen LogP contribution < -0.4 is 5.32 Å². The first kappa shape index (κ1) is 30.8. The largest absolute Gasteiger partial charge is 0.317 e. The highest BCUT2D eigenvalue weighted by Crippen LogP contribution is 2.11.